The number of carbonyl (C=O) groups excluding carboxylic acids is 1. The minimum atomic E-state index is -0.0757. The molecule has 1 fully saturated rings. The van der Waals surface area contributed by atoms with Gasteiger partial charge in [-0.2, -0.15) is 0 Å². The lowest BCUT2D eigenvalue weighted by atomic mass is 9.97. The summed E-state index contributed by atoms with van der Waals surface area (Å²) in [6.45, 7) is 7.22. The highest BCUT2D eigenvalue weighted by atomic mass is 16.5. The number of unbranched alkanes of at least 4 members (excludes halogenated alkanes) is 1. The Morgan fingerprint density at radius 2 is 2.05 bits per heavy atom. The zero-order valence-electron chi connectivity index (χ0n) is 14.7. The first-order valence-corrected chi connectivity index (χ1v) is 8.69. The Morgan fingerprint density at radius 3 is 2.55 bits per heavy atom. The summed E-state index contributed by atoms with van der Waals surface area (Å²) in [5.41, 5.74) is 0. The number of nitrogens with zero attached hydrogens (tertiary/aromatic N) is 2. The van der Waals surface area contributed by atoms with Crippen molar-refractivity contribution in [1.29, 1.82) is 0 Å². The van der Waals surface area contributed by atoms with E-state index >= 15 is 0 Å². The molecule has 0 bridgehead atoms. The molecule has 0 aromatic rings. The van der Waals surface area contributed by atoms with E-state index in [4.69, 9.17) is 4.74 Å². The average molecular weight is 311 g/mol. The van der Waals surface area contributed by atoms with Gasteiger partial charge in [0.25, 0.3) is 0 Å². The van der Waals surface area contributed by atoms with Crippen LogP contribution in [0.5, 0.6) is 0 Å². The Kier molecular flexibility index (Phi) is 8.94. The van der Waals surface area contributed by atoms with Gasteiger partial charge in [-0.25, -0.2) is 0 Å². The molecule has 0 spiro atoms. The lowest BCUT2D eigenvalue weighted by Gasteiger charge is -2.33. The van der Waals surface area contributed by atoms with Gasteiger partial charge in [-0.15, -0.1) is 0 Å². The average Bonchev–Trinajstić information content (AvgIpc) is 2.57. The topological polar surface area (TPSA) is 53.9 Å². The van der Waals surface area contributed by atoms with Gasteiger partial charge in [-0.3, -0.25) is 9.79 Å². The summed E-state index contributed by atoms with van der Waals surface area (Å²) in [6.07, 6.45) is 6.73. The van der Waals surface area contributed by atoms with Crippen LogP contribution in [0.15, 0.2) is 4.99 Å². The third-order valence-corrected chi connectivity index (χ3v) is 4.63. The molecule has 1 aliphatic heterocycles. The Bertz CT molecular complexity index is 350. The van der Waals surface area contributed by atoms with Gasteiger partial charge >= 0.3 is 5.97 Å². The van der Waals surface area contributed by atoms with Crippen LogP contribution in [-0.4, -0.2) is 50.6 Å². The number of nitrogens with one attached hydrogen (secondary N) is 1. The van der Waals surface area contributed by atoms with Crippen LogP contribution in [0, 0.1) is 11.8 Å². The fraction of sp³-hybridized carbons (Fsp3) is 0.882. The van der Waals surface area contributed by atoms with Gasteiger partial charge in [-0.1, -0.05) is 33.1 Å². The molecule has 128 valence electrons. The molecule has 0 saturated carbocycles. The number of ether oxygens (including phenoxy) is 1. The van der Waals surface area contributed by atoms with E-state index in [-0.39, 0.29) is 11.9 Å². The van der Waals surface area contributed by atoms with Gasteiger partial charge in [-0.05, 0) is 25.2 Å². The second-order valence-corrected chi connectivity index (χ2v) is 6.13. The summed E-state index contributed by atoms with van der Waals surface area (Å²) in [7, 11) is 3.30. The number of methoxy groups -OCH3 is 1. The molecule has 0 aromatic heterocycles. The van der Waals surface area contributed by atoms with Crippen molar-refractivity contribution < 1.29 is 9.53 Å². The quantitative estimate of drug-likeness (QED) is 0.446. The molecule has 5 nitrogen and oxygen atoms in total. The molecule has 1 unspecified atom stereocenters. The molecular weight excluding hydrogens is 278 g/mol. The normalized spacial score (nSPS) is 18.2. The van der Waals surface area contributed by atoms with E-state index in [2.05, 4.69) is 29.1 Å². The Hall–Kier alpha value is -1.26. The lowest BCUT2D eigenvalue weighted by Crippen LogP contribution is -2.47. The van der Waals surface area contributed by atoms with Gasteiger partial charge in [0.15, 0.2) is 5.96 Å². The molecule has 0 radical (unpaired) electrons. The summed E-state index contributed by atoms with van der Waals surface area (Å²) < 4.78 is 4.84. The summed E-state index contributed by atoms with van der Waals surface area (Å²) in [6, 6.07) is 0. The van der Waals surface area contributed by atoms with Crippen molar-refractivity contribution in [3.63, 3.8) is 0 Å². The highest BCUT2D eigenvalue weighted by Gasteiger charge is 2.27. The standard InChI is InChI=1S/C17H33N3O2/c1-5-7-8-14(6-2)13-19-17(18-3)20-11-9-15(10-12-20)16(21)22-4/h14-15H,5-13H2,1-4H3,(H,18,19). The van der Waals surface area contributed by atoms with Crippen molar-refractivity contribution >= 4 is 11.9 Å². The summed E-state index contributed by atoms with van der Waals surface area (Å²) in [5.74, 6) is 1.66. The van der Waals surface area contributed by atoms with Crippen LogP contribution in [0.25, 0.3) is 0 Å². The SMILES string of the molecule is CCCCC(CC)CNC(=NC)N1CCC(C(=O)OC)CC1. The molecule has 0 aromatic carbocycles. The van der Waals surface area contributed by atoms with Crippen LogP contribution in [0.4, 0.5) is 0 Å². The highest BCUT2D eigenvalue weighted by molar-refractivity contribution is 5.80. The number of hydrogen-bond acceptors (Lipinski definition) is 3. The number of carbonyl (C=O) groups is 1. The first-order valence-electron chi connectivity index (χ1n) is 8.69. The molecule has 1 N–H and O–H groups in total. The first kappa shape index (κ1) is 18.8. The maximum atomic E-state index is 11.6. The Morgan fingerprint density at radius 1 is 1.36 bits per heavy atom. The second kappa shape index (κ2) is 10.5. The Labute approximate surface area is 135 Å². The van der Waals surface area contributed by atoms with Crippen molar-refractivity contribution in [3.8, 4) is 0 Å². The third kappa shape index (κ3) is 5.85. The van der Waals surface area contributed by atoms with Gasteiger partial charge in [0, 0.05) is 26.7 Å². The van der Waals surface area contributed by atoms with Crippen LogP contribution >= 0.6 is 0 Å². The maximum absolute atomic E-state index is 11.6. The van der Waals surface area contributed by atoms with Crippen molar-refractivity contribution in [2.75, 3.05) is 33.8 Å². The smallest absolute Gasteiger partial charge is 0.308 e. The van der Waals surface area contributed by atoms with E-state index in [1.807, 2.05) is 7.05 Å². The number of piperidine rings is 1. The number of aliphatic imine (C=N–C) groups is 1. The molecule has 5 heteroatoms. The fourth-order valence-electron chi connectivity index (χ4n) is 3.00. The Balaban J connectivity index is 2.41. The number of guanidine groups is 1. The summed E-state index contributed by atoms with van der Waals surface area (Å²) in [4.78, 5) is 18.2. The maximum Gasteiger partial charge on any atom is 0.308 e. The van der Waals surface area contributed by atoms with E-state index < -0.39 is 0 Å². The largest absolute Gasteiger partial charge is 0.469 e. The molecule has 0 amide bonds. The van der Waals surface area contributed by atoms with Gasteiger partial charge in [0.05, 0.1) is 13.0 Å². The van der Waals surface area contributed by atoms with Crippen molar-refractivity contribution in [2.45, 2.75) is 52.4 Å². The molecule has 22 heavy (non-hydrogen) atoms. The van der Waals surface area contributed by atoms with Crippen LogP contribution in [0.1, 0.15) is 52.4 Å². The number of hydrogen-bond donors (Lipinski definition) is 1. The van der Waals surface area contributed by atoms with E-state index in [1.54, 1.807) is 0 Å². The van der Waals surface area contributed by atoms with Crippen molar-refractivity contribution in [1.82, 2.24) is 10.2 Å². The fourth-order valence-corrected chi connectivity index (χ4v) is 3.00. The molecule has 1 rings (SSSR count). The number of esters is 1. The molecular formula is C17H33N3O2. The van der Waals surface area contributed by atoms with E-state index in [1.165, 1.54) is 32.8 Å². The number of likely N-dealkylation sites (tertiary alicyclic amines) is 1. The zero-order valence-corrected chi connectivity index (χ0v) is 14.7. The predicted molar refractivity (Wildman–Crippen MR) is 91.0 cm³/mol. The van der Waals surface area contributed by atoms with Gasteiger partial charge < -0.3 is 15.0 Å². The van der Waals surface area contributed by atoms with E-state index in [0.29, 0.717) is 5.92 Å². The van der Waals surface area contributed by atoms with Crippen molar-refractivity contribution in [3.05, 3.63) is 0 Å². The monoisotopic (exact) mass is 311 g/mol. The first-order chi connectivity index (χ1) is 10.7. The van der Waals surface area contributed by atoms with Gasteiger partial charge in [0.1, 0.15) is 0 Å². The van der Waals surface area contributed by atoms with Gasteiger partial charge in [0.2, 0.25) is 0 Å². The highest BCUT2D eigenvalue weighted by Crippen LogP contribution is 2.18. The summed E-state index contributed by atoms with van der Waals surface area (Å²) in [5, 5.41) is 3.52. The summed E-state index contributed by atoms with van der Waals surface area (Å²) >= 11 is 0. The van der Waals surface area contributed by atoms with Crippen LogP contribution < -0.4 is 5.32 Å². The molecule has 1 atom stereocenters. The minimum absolute atomic E-state index is 0.0484. The lowest BCUT2D eigenvalue weighted by molar-refractivity contribution is -0.146. The molecule has 1 aliphatic rings. The van der Waals surface area contributed by atoms with E-state index in [0.717, 1.165) is 38.4 Å². The van der Waals surface area contributed by atoms with Crippen LogP contribution in [-0.2, 0) is 9.53 Å². The second-order valence-electron chi connectivity index (χ2n) is 6.13. The molecule has 1 saturated heterocycles. The minimum Gasteiger partial charge on any atom is -0.469 e. The third-order valence-electron chi connectivity index (χ3n) is 4.63. The predicted octanol–water partition coefficient (Wildman–Crippen LogP) is 2.66. The number of rotatable bonds is 7. The van der Waals surface area contributed by atoms with Crippen molar-refractivity contribution in [2.24, 2.45) is 16.8 Å². The van der Waals surface area contributed by atoms with E-state index in [9.17, 15) is 4.79 Å². The molecule has 1 heterocycles. The zero-order chi connectivity index (χ0) is 16.4. The molecule has 0 aliphatic carbocycles. The van der Waals surface area contributed by atoms with Crippen LogP contribution in [0.3, 0.4) is 0 Å². The van der Waals surface area contributed by atoms with Crippen LogP contribution in [0.2, 0.25) is 0 Å².